The number of para-hydroxylation sites is 2. The molecule has 20 rings (SSSR count). The molecule has 13 aromatic carbocycles. The first kappa shape index (κ1) is 54.8. The van der Waals surface area contributed by atoms with Crippen molar-refractivity contribution >= 4 is 138 Å². The van der Waals surface area contributed by atoms with Crippen LogP contribution in [0, 0.1) is 0 Å². The van der Waals surface area contributed by atoms with E-state index < -0.39 is 0 Å². The van der Waals surface area contributed by atoms with E-state index in [-0.39, 0.29) is 0 Å². The molecule has 0 saturated carbocycles. The van der Waals surface area contributed by atoms with Crippen molar-refractivity contribution in [3.05, 3.63) is 303 Å². The van der Waals surface area contributed by atoms with Crippen LogP contribution in [0.1, 0.15) is 0 Å². The number of nitrogens with zero attached hydrogens (tertiary/aromatic N) is 8. The number of hydrogen-bond acceptors (Lipinski definition) is 9. The molecule has 444 valence electrons. The van der Waals surface area contributed by atoms with Gasteiger partial charge in [-0.05, 0) is 96.1 Å². The quantitative estimate of drug-likeness (QED) is 0.151. The van der Waals surface area contributed by atoms with Crippen LogP contribution in [0.5, 0.6) is 0 Å². The minimum Gasteiger partial charge on any atom is -0.309 e. The van der Waals surface area contributed by atoms with Gasteiger partial charge in [0, 0.05) is 116 Å². The fourth-order valence-corrected chi connectivity index (χ4v) is 17.1. The molecule has 95 heavy (non-hydrogen) atoms. The Labute approximate surface area is 556 Å². The highest BCUT2D eigenvalue weighted by atomic mass is 32.1. The molecule has 0 atom stereocenters. The lowest BCUT2D eigenvalue weighted by Gasteiger charge is -2.11. The summed E-state index contributed by atoms with van der Waals surface area (Å²) in [5.41, 5.74) is 12.8. The number of rotatable bonds is 8. The van der Waals surface area contributed by atoms with Crippen molar-refractivity contribution < 1.29 is 0 Å². The first-order chi connectivity index (χ1) is 47.1. The minimum atomic E-state index is 0.614. The van der Waals surface area contributed by atoms with Gasteiger partial charge in [0.2, 0.25) is 5.95 Å². The summed E-state index contributed by atoms with van der Waals surface area (Å²) in [6.07, 6.45) is 0. The Morgan fingerprint density at radius 3 is 1.13 bits per heavy atom. The van der Waals surface area contributed by atoms with E-state index in [9.17, 15) is 0 Å². The fraction of sp³-hybridized carbons (Fsp3) is 0. The number of thiophene rings is 3. The SMILES string of the molecule is c1ccc(-c2ccc(-c3nc(-c4ccccc4)nc(-c4ccc(-n5c6ccccc6c6cc7c(cc65)sc5ccccc57)cc4)n3)cc2)cc1.c1ccc(-c2nc(-c3cccc4c3sc3ccccc34)nc(-n3c4ccccc4c4cc5c(cc43)sc3ccccc35)n2)cc1. The Morgan fingerprint density at radius 1 is 0.211 bits per heavy atom. The summed E-state index contributed by atoms with van der Waals surface area (Å²) in [6.45, 7) is 0. The molecule has 8 nitrogen and oxygen atoms in total. The number of hydrogen-bond donors (Lipinski definition) is 0. The third-order valence-electron chi connectivity index (χ3n) is 18.1. The van der Waals surface area contributed by atoms with Crippen LogP contribution >= 0.6 is 34.0 Å². The maximum absolute atomic E-state index is 5.27. The van der Waals surface area contributed by atoms with E-state index in [0.717, 1.165) is 50.1 Å². The monoisotopic (exact) mass is 1270 g/mol. The van der Waals surface area contributed by atoms with E-state index in [1.54, 1.807) is 11.3 Å². The second-order valence-electron chi connectivity index (χ2n) is 23.7. The summed E-state index contributed by atoms with van der Waals surface area (Å²) in [5, 5.41) is 12.6. The molecule has 0 amide bonds. The lowest BCUT2D eigenvalue weighted by Crippen LogP contribution is -2.06. The fourth-order valence-electron chi connectivity index (χ4n) is 13.6. The Bertz CT molecular complexity index is 6390. The van der Waals surface area contributed by atoms with Crippen molar-refractivity contribution in [2.24, 2.45) is 0 Å². The van der Waals surface area contributed by atoms with Crippen LogP contribution in [-0.4, -0.2) is 39.0 Å². The van der Waals surface area contributed by atoms with E-state index in [2.05, 4.69) is 258 Å². The second-order valence-corrected chi connectivity index (χ2v) is 26.9. The van der Waals surface area contributed by atoms with Crippen molar-refractivity contribution in [2.45, 2.75) is 0 Å². The molecule has 0 radical (unpaired) electrons. The lowest BCUT2D eigenvalue weighted by atomic mass is 10.0. The van der Waals surface area contributed by atoms with Gasteiger partial charge >= 0.3 is 0 Å². The van der Waals surface area contributed by atoms with Gasteiger partial charge in [0.15, 0.2) is 29.1 Å². The molecule has 0 aliphatic heterocycles. The van der Waals surface area contributed by atoms with E-state index in [1.165, 1.54) is 98.7 Å². The lowest BCUT2D eigenvalue weighted by molar-refractivity contribution is 0.955. The van der Waals surface area contributed by atoms with Gasteiger partial charge in [-0.1, -0.05) is 218 Å². The normalized spacial score (nSPS) is 11.8. The largest absolute Gasteiger partial charge is 0.309 e. The number of fused-ring (bicyclic) bond motifs is 15. The van der Waals surface area contributed by atoms with E-state index in [0.29, 0.717) is 35.1 Å². The van der Waals surface area contributed by atoms with Gasteiger partial charge in [-0.3, -0.25) is 4.57 Å². The summed E-state index contributed by atoms with van der Waals surface area (Å²) < 4.78 is 12.2. The van der Waals surface area contributed by atoms with E-state index in [1.807, 2.05) is 77.3 Å². The molecule has 0 bridgehead atoms. The van der Waals surface area contributed by atoms with Crippen LogP contribution in [-0.2, 0) is 0 Å². The maximum atomic E-state index is 5.27. The van der Waals surface area contributed by atoms with Gasteiger partial charge in [0.05, 0.1) is 22.1 Å². The standard InChI is InChI=1S/C45H28N4S.C39H22N4S2/c1-3-11-29(12-4-1)30-19-21-32(22-20-30)44-46-43(31-13-5-2-6-14-31)47-45(48-44)33-23-25-34(26-24-33)49-39-17-9-7-15-35(39)37-27-38-36-16-8-10-18-41(36)50-42(38)28-40(37)49;1-2-11-23(12-3-1)37-40-38(28-17-10-16-27-25-14-5-9-20-34(25)45-36(27)28)42-39(41-37)43-31-18-7-4-13-24(31)29-21-30-26-15-6-8-19-33(26)44-35(30)22-32(29)43/h1-28H;1-22H. The number of benzene rings is 13. The van der Waals surface area contributed by atoms with Crippen molar-refractivity contribution in [1.29, 1.82) is 0 Å². The molecule has 0 aliphatic carbocycles. The van der Waals surface area contributed by atoms with Crippen molar-refractivity contribution in [2.75, 3.05) is 0 Å². The van der Waals surface area contributed by atoms with Gasteiger partial charge in [0.1, 0.15) is 0 Å². The highest BCUT2D eigenvalue weighted by molar-refractivity contribution is 7.27. The summed E-state index contributed by atoms with van der Waals surface area (Å²) in [6, 6.07) is 107. The zero-order chi connectivity index (χ0) is 62.5. The summed E-state index contributed by atoms with van der Waals surface area (Å²) in [7, 11) is 0. The topological polar surface area (TPSA) is 87.2 Å². The third-order valence-corrected chi connectivity index (χ3v) is 21.6. The molecule has 0 unspecified atom stereocenters. The van der Waals surface area contributed by atoms with Gasteiger partial charge in [0.25, 0.3) is 0 Å². The molecule has 7 heterocycles. The molecule has 0 N–H and O–H groups in total. The zero-order valence-corrected chi connectivity index (χ0v) is 53.1. The summed E-state index contributed by atoms with van der Waals surface area (Å²) >= 11 is 5.47. The molecular weight excluding hydrogens is 1220 g/mol. The van der Waals surface area contributed by atoms with Crippen molar-refractivity contribution in [3.8, 4) is 79.7 Å². The van der Waals surface area contributed by atoms with Crippen LogP contribution in [0.25, 0.3) is 184 Å². The molecule has 11 heteroatoms. The van der Waals surface area contributed by atoms with E-state index in [4.69, 9.17) is 29.9 Å². The maximum Gasteiger partial charge on any atom is 0.238 e. The molecule has 0 fully saturated rings. The molecular formula is C84H50N8S3. The molecule has 0 saturated heterocycles. The summed E-state index contributed by atoms with van der Waals surface area (Å²) in [5.74, 6) is 3.88. The molecule has 20 aromatic rings. The molecule has 7 aromatic heterocycles. The molecule has 0 aliphatic rings. The summed E-state index contributed by atoms with van der Waals surface area (Å²) in [4.78, 5) is 30.5. The first-order valence-corrected chi connectivity index (χ1v) is 34.0. The zero-order valence-electron chi connectivity index (χ0n) is 50.7. The van der Waals surface area contributed by atoms with Crippen LogP contribution in [0.3, 0.4) is 0 Å². The van der Waals surface area contributed by atoms with E-state index >= 15 is 0 Å². The van der Waals surface area contributed by atoms with Gasteiger partial charge < -0.3 is 4.57 Å². The Hall–Kier alpha value is -11.9. The van der Waals surface area contributed by atoms with Gasteiger partial charge in [-0.25, -0.2) is 19.9 Å². The highest BCUT2D eigenvalue weighted by Crippen LogP contribution is 2.44. The average Bonchev–Trinajstić information content (AvgIpc) is 1.58. The van der Waals surface area contributed by atoms with Gasteiger partial charge in [-0.2, -0.15) is 9.97 Å². The van der Waals surface area contributed by atoms with Crippen molar-refractivity contribution in [3.63, 3.8) is 0 Å². The smallest absolute Gasteiger partial charge is 0.238 e. The van der Waals surface area contributed by atoms with Crippen LogP contribution in [0.2, 0.25) is 0 Å². The highest BCUT2D eigenvalue weighted by Gasteiger charge is 2.23. The van der Waals surface area contributed by atoms with Crippen LogP contribution in [0.15, 0.2) is 303 Å². The molecule has 0 spiro atoms. The van der Waals surface area contributed by atoms with Crippen LogP contribution < -0.4 is 0 Å². The Balaban J connectivity index is 0.000000135. The Morgan fingerprint density at radius 2 is 0.579 bits per heavy atom. The second kappa shape index (κ2) is 22.5. The van der Waals surface area contributed by atoms with Crippen molar-refractivity contribution in [1.82, 2.24) is 39.0 Å². The average molecular weight is 1270 g/mol. The first-order valence-electron chi connectivity index (χ1n) is 31.6. The Kier molecular flexibility index (Phi) is 13.0. The minimum absolute atomic E-state index is 0.614. The van der Waals surface area contributed by atoms with Gasteiger partial charge in [-0.15, -0.1) is 34.0 Å². The third kappa shape index (κ3) is 9.38. The number of aromatic nitrogens is 8. The predicted molar refractivity (Wildman–Crippen MR) is 400 cm³/mol. The predicted octanol–water partition coefficient (Wildman–Crippen LogP) is 23.0. The van der Waals surface area contributed by atoms with Crippen LogP contribution in [0.4, 0.5) is 0 Å².